The zero-order valence-corrected chi connectivity index (χ0v) is 12.2. The maximum Gasteiger partial charge on any atom is 0.239 e. The highest BCUT2D eigenvalue weighted by molar-refractivity contribution is 5.80. The van der Waals surface area contributed by atoms with Crippen molar-refractivity contribution in [2.75, 3.05) is 21.3 Å². The van der Waals surface area contributed by atoms with E-state index in [9.17, 15) is 4.79 Å². The number of amides is 1. The number of hydrogen-bond acceptors (Lipinski definition) is 4. The quantitative estimate of drug-likeness (QED) is 0.873. The van der Waals surface area contributed by atoms with Crippen molar-refractivity contribution < 1.29 is 14.3 Å². The Labute approximate surface area is 114 Å². The fraction of sp³-hybridized carbons (Fsp3) is 0.500. The van der Waals surface area contributed by atoms with E-state index in [1.54, 1.807) is 33.1 Å². The van der Waals surface area contributed by atoms with Gasteiger partial charge in [-0.15, -0.1) is 0 Å². The number of likely N-dealkylation sites (N-methyl/N-ethyl adjacent to an activating group) is 1. The molecule has 0 fully saturated rings. The van der Waals surface area contributed by atoms with Gasteiger partial charge in [0.25, 0.3) is 0 Å². The van der Waals surface area contributed by atoms with E-state index in [0.29, 0.717) is 18.0 Å². The minimum Gasteiger partial charge on any atom is -0.493 e. The van der Waals surface area contributed by atoms with E-state index in [-0.39, 0.29) is 5.91 Å². The molecule has 1 rings (SSSR count). The minimum atomic E-state index is -0.495. The van der Waals surface area contributed by atoms with Crippen molar-refractivity contribution in [3.8, 4) is 11.5 Å². The Morgan fingerprint density at radius 2 is 1.84 bits per heavy atom. The van der Waals surface area contributed by atoms with E-state index in [0.717, 1.165) is 11.1 Å². The lowest BCUT2D eigenvalue weighted by atomic mass is 10.1. The van der Waals surface area contributed by atoms with Gasteiger partial charge in [-0.1, -0.05) is 0 Å². The second kappa shape index (κ2) is 6.43. The second-order valence-corrected chi connectivity index (χ2v) is 4.62. The van der Waals surface area contributed by atoms with Crippen LogP contribution in [-0.2, 0) is 11.3 Å². The largest absolute Gasteiger partial charge is 0.493 e. The normalized spacial score (nSPS) is 11.9. The van der Waals surface area contributed by atoms with E-state index in [4.69, 9.17) is 15.2 Å². The molecular formula is C14H22N2O3. The molecule has 0 radical (unpaired) electrons. The molecule has 1 atom stereocenters. The number of methoxy groups -OCH3 is 2. The lowest BCUT2D eigenvalue weighted by Crippen LogP contribution is -2.39. The summed E-state index contributed by atoms with van der Waals surface area (Å²) in [6.45, 7) is 4.15. The van der Waals surface area contributed by atoms with Crippen molar-refractivity contribution in [2.45, 2.75) is 26.4 Å². The third kappa shape index (κ3) is 3.61. The minimum absolute atomic E-state index is 0.0887. The topological polar surface area (TPSA) is 64.8 Å². The first-order valence-electron chi connectivity index (χ1n) is 6.12. The van der Waals surface area contributed by atoms with Crippen molar-refractivity contribution in [3.63, 3.8) is 0 Å². The molecule has 0 aliphatic rings. The van der Waals surface area contributed by atoms with Crippen LogP contribution in [0.15, 0.2) is 12.1 Å². The van der Waals surface area contributed by atoms with Crippen LogP contribution >= 0.6 is 0 Å². The number of aryl methyl sites for hydroxylation is 1. The Kier molecular flexibility index (Phi) is 5.18. The molecular weight excluding hydrogens is 244 g/mol. The molecule has 1 amide bonds. The van der Waals surface area contributed by atoms with Crippen LogP contribution in [0.4, 0.5) is 0 Å². The van der Waals surface area contributed by atoms with Crippen molar-refractivity contribution in [1.82, 2.24) is 4.90 Å². The van der Waals surface area contributed by atoms with Crippen LogP contribution in [0.1, 0.15) is 18.1 Å². The molecule has 0 aliphatic carbocycles. The summed E-state index contributed by atoms with van der Waals surface area (Å²) in [6, 6.07) is 3.29. The Balaban J connectivity index is 2.98. The molecule has 0 saturated carbocycles. The third-order valence-electron chi connectivity index (χ3n) is 3.02. The van der Waals surface area contributed by atoms with Crippen LogP contribution in [0.2, 0.25) is 0 Å². The third-order valence-corrected chi connectivity index (χ3v) is 3.02. The number of nitrogens with zero attached hydrogens (tertiary/aromatic N) is 1. The molecule has 1 aromatic rings. The van der Waals surface area contributed by atoms with Crippen molar-refractivity contribution in [1.29, 1.82) is 0 Å². The van der Waals surface area contributed by atoms with Gasteiger partial charge in [-0.25, -0.2) is 0 Å². The van der Waals surface area contributed by atoms with E-state index >= 15 is 0 Å². The summed E-state index contributed by atoms with van der Waals surface area (Å²) in [7, 11) is 4.93. The molecule has 0 unspecified atom stereocenters. The molecule has 0 heterocycles. The number of carbonyl (C=O) groups excluding carboxylic acids is 1. The lowest BCUT2D eigenvalue weighted by molar-refractivity contribution is -0.131. The van der Waals surface area contributed by atoms with Crippen molar-refractivity contribution >= 4 is 5.91 Å². The highest BCUT2D eigenvalue weighted by Gasteiger charge is 2.16. The summed E-state index contributed by atoms with van der Waals surface area (Å²) in [5.74, 6) is 1.25. The average Bonchev–Trinajstić information content (AvgIpc) is 2.39. The molecule has 0 spiro atoms. The fourth-order valence-electron chi connectivity index (χ4n) is 1.87. The van der Waals surface area contributed by atoms with Gasteiger partial charge in [0.2, 0.25) is 5.91 Å². The van der Waals surface area contributed by atoms with E-state index in [2.05, 4.69) is 0 Å². The van der Waals surface area contributed by atoms with Gasteiger partial charge in [0, 0.05) is 13.6 Å². The second-order valence-electron chi connectivity index (χ2n) is 4.62. The van der Waals surface area contributed by atoms with Crippen LogP contribution in [0.5, 0.6) is 11.5 Å². The van der Waals surface area contributed by atoms with Gasteiger partial charge >= 0.3 is 0 Å². The van der Waals surface area contributed by atoms with E-state index < -0.39 is 6.04 Å². The first-order chi connectivity index (χ1) is 8.90. The molecule has 106 valence electrons. The Hall–Kier alpha value is -1.75. The lowest BCUT2D eigenvalue weighted by Gasteiger charge is -2.21. The molecule has 2 N–H and O–H groups in total. The van der Waals surface area contributed by atoms with Crippen LogP contribution in [0, 0.1) is 6.92 Å². The summed E-state index contributed by atoms with van der Waals surface area (Å²) in [4.78, 5) is 13.4. The van der Waals surface area contributed by atoms with Gasteiger partial charge < -0.3 is 20.1 Å². The number of rotatable bonds is 5. The number of nitrogens with two attached hydrogens (primary N) is 1. The predicted octanol–water partition coefficient (Wildman–Crippen LogP) is 1.32. The molecule has 19 heavy (non-hydrogen) atoms. The highest BCUT2D eigenvalue weighted by Crippen LogP contribution is 2.30. The number of carbonyl (C=O) groups is 1. The predicted molar refractivity (Wildman–Crippen MR) is 74.4 cm³/mol. The van der Waals surface area contributed by atoms with Crippen LogP contribution in [0.25, 0.3) is 0 Å². The number of ether oxygens (including phenoxy) is 2. The zero-order valence-electron chi connectivity index (χ0n) is 12.2. The maximum atomic E-state index is 11.8. The van der Waals surface area contributed by atoms with Gasteiger partial charge in [0.1, 0.15) is 0 Å². The molecule has 0 aromatic heterocycles. The number of benzene rings is 1. The summed E-state index contributed by atoms with van der Waals surface area (Å²) in [5.41, 5.74) is 7.65. The van der Waals surface area contributed by atoms with Gasteiger partial charge in [-0.2, -0.15) is 0 Å². The summed E-state index contributed by atoms with van der Waals surface area (Å²) in [6.07, 6.45) is 0. The smallest absolute Gasteiger partial charge is 0.239 e. The first-order valence-corrected chi connectivity index (χ1v) is 6.12. The maximum absolute atomic E-state index is 11.8. The van der Waals surface area contributed by atoms with Crippen LogP contribution in [-0.4, -0.2) is 38.1 Å². The Morgan fingerprint density at radius 3 is 2.32 bits per heavy atom. The summed E-state index contributed by atoms with van der Waals surface area (Å²) in [5, 5.41) is 0. The fourth-order valence-corrected chi connectivity index (χ4v) is 1.87. The van der Waals surface area contributed by atoms with Gasteiger partial charge in [0.15, 0.2) is 11.5 Å². The Bertz CT molecular complexity index is 458. The standard InChI is InChI=1S/C14H22N2O3/c1-9-6-12(18-4)13(19-5)7-11(9)8-16(3)14(17)10(2)15/h6-7,10H,8,15H2,1-5H3/t10-/m0/s1. The molecule has 1 aromatic carbocycles. The first kappa shape index (κ1) is 15.3. The monoisotopic (exact) mass is 266 g/mol. The zero-order chi connectivity index (χ0) is 14.6. The van der Waals surface area contributed by atoms with Gasteiger partial charge in [0.05, 0.1) is 20.3 Å². The number of hydrogen-bond donors (Lipinski definition) is 1. The van der Waals surface area contributed by atoms with E-state index in [1.165, 1.54) is 0 Å². The molecule has 5 heteroatoms. The van der Waals surface area contributed by atoms with Crippen molar-refractivity contribution in [3.05, 3.63) is 23.3 Å². The van der Waals surface area contributed by atoms with E-state index in [1.807, 2.05) is 19.1 Å². The average molecular weight is 266 g/mol. The van der Waals surface area contributed by atoms with Gasteiger partial charge in [-0.3, -0.25) is 4.79 Å². The van der Waals surface area contributed by atoms with Gasteiger partial charge in [-0.05, 0) is 37.1 Å². The van der Waals surface area contributed by atoms with Crippen molar-refractivity contribution in [2.24, 2.45) is 5.73 Å². The van der Waals surface area contributed by atoms with Crippen LogP contribution < -0.4 is 15.2 Å². The molecule has 0 saturated heterocycles. The molecule has 5 nitrogen and oxygen atoms in total. The highest BCUT2D eigenvalue weighted by atomic mass is 16.5. The molecule has 0 bridgehead atoms. The summed E-state index contributed by atoms with van der Waals surface area (Å²) < 4.78 is 10.5. The SMILES string of the molecule is COc1cc(C)c(CN(C)C(=O)[C@H](C)N)cc1OC. The molecule has 0 aliphatic heterocycles. The summed E-state index contributed by atoms with van der Waals surface area (Å²) >= 11 is 0. The van der Waals surface area contributed by atoms with Crippen LogP contribution in [0.3, 0.4) is 0 Å². The Morgan fingerprint density at radius 1 is 1.32 bits per heavy atom.